The van der Waals surface area contributed by atoms with Gasteiger partial charge in [-0.25, -0.2) is 0 Å². The third-order valence-electron chi connectivity index (χ3n) is 9.94. The molecule has 1 aromatic carbocycles. The van der Waals surface area contributed by atoms with Crippen molar-refractivity contribution in [2.45, 2.75) is 95.6 Å². The van der Waals surface area contributed by atoms with Crippen molar-refractivity contribution in [3.05, 3.63) is 99.6 Å². The van der Waals surface area contributed by atoms with Crippen LogP contribution in [0.15, 0.2) is 65.5 Å². The number of aromatic nitrogens is 2. The Balaban J connectivity index is 1.27. The lowest BCUT2D eigenvalue weighted by Crippen LogP contribution is -2.43. The van der Waals surface area contributed by atoms with E-state index in [1.807, 2.05) is 18.5 Å². The number of aryl methyl sites for hydroxylation is 1. The predicted molar refractivity (Wildman–Crippen MR) is 170 cm³/mol. The zero-order valence-electron chi connectivity index (χ0n) is 25.6. The number of hydrogen-bond acceptors (Lipinski definition) is 6. The van der Waals surface area contributed by atoms with Gasteiger partial charge >= 0.3 is 0 Å². The summed E-state index contributed by atoms with van der Waals surface area (Å²) in [5, 5.41) is 4.65. The summed E-state index contributed by atoms with van der Waals surface area (Å²) in [7, 11) is 0. The third-order valence-corrected chi connectivity index (χ3v) is 9.94. The average molecular weight is 575 g/mol. The summed E-state index contributed by atoms with van der Waals surface area (Å²) in [6, 6.07) is 14.9. The number of hydrogen-bond donors (Lipinski definition) is 2. The lowest BCUT2D eigenvalue weighted by atomic mass is 9.83. The molecule has 0 radical (unpaired) electrons. The van der Waals surface area contributed by atoms with Crippen LogP contribution in [0.3, 0.4) is 0 Å². The molecule has 0 spiro atoms. The number of benzene rings is 1. The van der Waals surface area contributed by atoms with Gasteiger partial charge < -0.3 is 10.6 Å². The van der Waals surface area contributed by atoms with Gasteiger partial charge in [-0.05, 0) is 97.2 Å². The second-order valence-corrected chi connectivity index (χ2v) is 13.7. The summed E-state index contributed by atoms with van der Waals surface area (Å²) in [6.07, 6.45) is 11.9. The molecule has 1 amide bonds. The number of nitrogens with zero attached hydrogens (tertiary/aromatic N) is 4. The largest absolute Gasteiger partial charge is 0.327 e. The maximum atomic E-state index is 14.9. The molecule has 2 aromatic heterocycles. The van der Waals surface area contributed by atoms with E-state index in [4.69, 9.17) is 15.7 Å². The summed E-state index contributed by atoms with van der Waals surface area (Å²) in [4.78, 5) is 26.7. The van der Waals surface area contributed by atoms with Crippen molar-refractivity contribution in [1.82, 2.24) is 20.3 Å². The Morgan fingerprint density at radius 2 is 1.88 bits per heavy atom. The fourth-order valence-corrected chi connectivity index (χ4v) is 6.95. The molecule has 3 N–H and O–H groups in total. The van der Waals surface area contributed by atoms with E-state index in [1.54, 1.807) is 0 Å². The van der Waals surface area contributed by atoms with Gasteiger partial charge in [-0.15, -0.1) is 0 Å². The highest BCUT2D eigenvalue weighted by Crippen LogP contribution is 2.52. The quantitative estimate of drug-likeness (QED) is 0.372. The van der Waals surface area contributed by atoms with E-state index >= 15 is 0 Å². The van der Waals surface area contributed by atoms with E-state index in [2.05, 4.69) is 72.6 Å². The first-order chi connectivity index (χ1) is 20.8. The summed E-state index contributed by atoms with van der Waals surface area (Å²) in [6.45, 7) is 7.40. The van der Waals surface area contributed by atoms with Crippen molar-refractivity contribution >= 4 is 17.3 Å². The number of allylic oxidation sites excluding steroid dienone is 1. The molecule has 0 bridgehead atoms. The number of amides is 1. The summed E-state index contributed by atoms with van der Waals surface area (Å²) in [5.74, 6) is 0.176. The molecule has 7 nitrogen and oxygen atoms in total. The van der Waals surface area contributed by atoms with Gasteiger partial charge in [0.25, 0.3) is 0 Å². The molecule has 2 saturated carbocycles. The van der Waals surface area contributed by atoms with Crippen molar-refractivity contribution in [3.63, 3.8) is 0 Å². The lowest BCUT2D eigenvalue weighted by molar-refractivity contribution is -0.137. The second kappa shape index (κ2) is 10.7. The van der Waals surface area contributed by atoms with Gasteiger partial charge in [0.15, 0.2) is 0 Å². The van der Waals surface area contributed by atoms with E-state index in [1.165, 1.54) is 23.1 Å². The van der Waals surface area contributed by atoms with Crippen LogP contribution in [0.4, 0.5) is 0 Å². The van der Waals surface area contributed by atoms with Gasteiger partial charge in [0.2, 0.25) is 5.91 Å². The smallest absolute Gasteiger partial charge is 0.234 e. The minimum Gasteiger partial charge on any atom is -0.327 e. The highest BCUT2D eigenvalue weighted by Gasteiger charge is 2.54. The number of rotatable bonds is 6. The predicted octanol–water partition coefficient (Wildman–Crippen LogP) is 6.07. The van der Waals surface area contributed by atoms with Crippen molar-refractivity contribution < 1.29 is 4.79 Å². The fourth-order valence-electron chi connectivity index (χ4n) is 6.95. The third kappa shape index (κ3) is 4.97. The Hall–Kier alpha value is -3.84. The molecule has 3 aliphatic carbocycles. The molecular formula is C36H42N6O. The monoisotopic (exact) mass is 574 g/mol. The zero-order valence-corrected chi connectivity index (χ0v) is 25.6. The second-order valence-electron chi connectivity index (χ2n) is 13.7. The van der Waals surface area contributed by atoms with Crippen LogP contribution in [0.1, 0.15) is 111 Å². The summed E-state index contributed by atoms with van der Waals surface area (Å²) < 4.78 is 0. The molecule has 43 heavy (non-hydrogen) atoms. The van der Waals surface area contributed by atoms with Crippen molar-refractivity contribution in [3.8, 4) is 0 Å². The van der Waals surface area contributed by atoms with Crippen LogP contribution in [0.2, 0.25) is 0 Å². The van der Waals surface area contributed by atoms with Crippen molar-refractivity contribution in [2.24, 2.45) is 10.8 Å². The molecule has 7 rings (SSSR count). The summed E-state index contributed by atoms with van der Waals surface area (Å²) >= 11 is 0. The Kier molecular flexibility index (Phi) is 6.96. The van der Waals surface area contributed by atoms with Gasteiger partial charge in [0, 0.05) is 30.1 Å². The molecule has 3 heterocycles. The van der Waals surface area contributed by atoms with Crippen LogP contribution in [0.25, 0.3) is 5.70 Å². The minimum absolute atomic E-state index is 0.0213. The minimum atomic E-state index is -0.554. The Bertz CT molecular complexity index is 1620. The normalized spacial score (nSPS) is 20.3. The molecule has 1 atom stereocenters. The molecule has 7 heteroatoms. The van der Waals surface area contributed by atoms with Gasteiger partial charge in [0.1, 0.15) is 0 Å². The van der Waals surface area contributed by atoms with Gasteiger partial charge in [0.05, 0.1) is 40.8 Å². The maximum Gasteiger partial charge on any atom is 0.234 e. The van der Waals surface area contributed by atoms with Crippen molar-refractivity contribution in [2.75, 3.05) is 6.54 Å². The molecule has 4 aliphatic rings. The Labute approximate surface area is 254 Å². The van der Waals surface area contributed by atoms with Crippen LogP contribution in [-0.2, 0) is 28.6 Å². The number of nitrogens with two attached hydrogens (primary N) is 1. The van der Waals surface area contributed by atoms with Crippen molar-refractivity contribution in [1.29, 1.82) is 0 Å². The van der Waals surface area contributed by atoms with E-state index in [0.29, 0.717) is 13.1 Å². The fraction of sp³-hybridized carbons (Fsp3) is 0.444. The Morgan fingerprint density at radius 1 is 1.05 bits per heavy atom. The first kappa shape index (κ1) is 28.0. The Morgan fingerprint density at radius 3 is 2.56 bits per heavy atom. The number of nitrogens with one attached hydrogen (secondary N) is 1. The molecule has 1 aliphatic heterocycles. The standard InChI is InChI=1S/C36H42N6O/c1-35(2,3)26-12-14-27(39-21-26)22-42(31-11-5-9-24-10-6-18-38-33(24)31)34(43)36(16-17-36)25-13-15-28-29(19-25)30(20-37)40-41-32(28)23-7-4-8-23/h6,10,12-15,18-19,21,31,41H,4-5,7-9,11,16-17,20,22,37H2,1-3H3. The van der Waals surface area contributed by atoms with Crippen LogP contribution >= 0.6 is 0 Å². The van der Waals surface area contributed by atoms with E-state index in [0.717, 1.165) is 84.4 Å². The van der Waals surface area contributed by atoms with E-state index < -0.39 is 5.41 Å². The van der Waals surface area contributed by atoms with Gasteiger partial charge in [-0.1, -0.05) is 45.0 Å². The van der Waals surface area contributed by atoms with Crippen LogP contribution in [0.5, 0.6) is 0 Å². The first-order valence-corrected chi connectivity index (χ1v) is 15.9. The molecule has 3 aromatic rings. The highest BCUT2D eigenvalue weighted by molar-refractivity contribution is 6.08. The molecule has 2 fully saturated rings. The SMILES string of the molecule is CC(C)(C)c1ccc(CN(C(=O)C2(c3ccc4c(c3)C(CN)=NNC4=C3CCC3)CC2)C2CCCc3cccnc32)nc1. The van der Waals surface area contributed by atoms with E-state index in [9.17, 15) is 4.79 Å². The first-order valence-electron chi connectivity index (χ1n) is 15.9. The average Bonchev–Trinajstić information content (AvgIpc) is 3.80. The van der Waals surface area contributed by atoms with Gasteiger partial charge in [-0.2, -0.15) is 5.10 Å². The van der Waals surface area contributed by atoms with Crippen LogP contribution in [0, 0.1) is 0 Å². The zero-order chi connectivity index (χ0) is 29.8. The molecule has 1 unspecified atom stereocenters. The maximum absolute atomic E-state index is 14.9. The van der Waals surface area contributed by atoms with Crippen LogP contribution < -0.4 is 11.2 Å². The van der Waals surface area contributed by atoms with E-state index in [-0.39, 0.29) is 17.4 Å². The number of fused-ring (bicyclic) bond motifs is 2. The molecule has 0 saturated heterocycles. The van der Waals surface area contributed by atoms with Gasteiger partial charge in [-0.3, -0.25) is 20.2 Å². The molecular weight excluding hydrogens is 532 g/mol. The summed E-state index contributed by atoms with van der Waals surface area (Å²) in [5.41, 5.74) is 20.0. The topological polar surface area (TPSA) is 96.5 Å². The number of hydrazone groups is 1. The highest BCUT2D eigenvalue weighted by atomic mass is 16.2. The number of carbonyl (C=O) groups is 1. The van der Waals surface area contributed by atoms with Crippen LogP contribution in [-0.4, -0.2) is 33.0 Å². The lowest BCUT2D eigenvalue weighted by Gasteiger charge is -2.37. The number of pyridine rings is 2. The number of carbonyl (C=O) groups excluding carboxylic acids is 1. The molecule has 222 valence electrons.